The van der Waals surface area contributed by atoms with Gasteiger partial charge in [-0.25, -0.2) is 0 Å². The van der Waals surface area contributed by atoms with Gasteiger partial charge in [-0.1, -0.05) is 13.0 Å². The molecule has 3 unspecified atom stereocenters. The maximum absolute atomic E-state index is 12.7. The van der Waals surface area contributed by atoms with Gasteiger partial charge in [0, 0.05) is 25.7 Å². The molecule has 4 aliphatic rings. The highest BCUT2D eigenvalue weighted by Crippen LogP contribution is 2.60. The standard InChI is InChI=1S/C23H36BrN5O3/c1-3-4-16(19(11-26)32-2)12-27-20(30)13-28-22(31)21(24)18(10-25)29-23-8-14-5-15(9-23)7-17(23)6-14/h4,10,14-15,17,19,25,29H,3,5-9,11-13,26H2,1-2H3,(H,27,30)(H,28,31)/p+1/b16-4-,21-18-,25-10?. The van der Waals surface area contributed by atoms with Gasteiger partial charge in [0.15, 0.2) is 6.21 Å². The Morgan fingerprint density at radius 1 is 1.22 bits per heavy atom. The lowest BCUT2D eigenvalue weighted by molar-refractivity contribution is -0.124. The monoisotopic (exact) mass is 510 g/mol. The molecule has 8 nitrogen and oxygen atoms in total. The summed E-state index contributed by atoms with van der Waals surface area (Å²) in [6, 6.07) is 0. The van der Waals surface area contributed by atoms with Crippen LogP contribution in [0.2, 0.25) is 0 Å². The van der Waals surface area contributed by atoms with Crippen LogP contribution in [0.25, 0.3) is 0 Å². The Morgan fingerprint density at radius 3 is 2.47 bits per heavy atom. The fraction of sp³-hybridized carbons (Fsp3) is 0.696. The summed E-state index contributed by atoms with van der Waals surface area (Å²) in [5.74, 6) is 1.58. The predicted octanol–water partition coefficient (Wildman–Crippen LogP) is 0.134. The first kappa shape index (κ1) is 24.9. The lowest BCUT2D eigenvalue weighted by Gasteiger charge is -2.34. The van der Waals surface area contributed by atoms with Gasteiger partial charge in [-0.15, -0.1) is 0 Å². The summed E-state index contributed by atoms with van der Waals surface area (Å²) >= 11 is 3.39. The minimum absolute atomic E-state index is 0.0539. The summed E-state index contributed by atoms with van der Waals surface area (Å²) in [6.45, 7) is 2.54. The maximum Gasteiger partial charge on any atom is 0.261 e. The third-order valence-corrected chi connectivity index (χ3v) is 8.04. The first-order chi connectivity index (χ1) is 15.4. The maximum atomic E-state index is 12.7. The second kappa shape index (κ2) is 10.9. The van der Waals surface area contributed by atoms with E-state index in [1.54, 1.807) is 7.11 Å². The van der Waals surface area contributed by atoms with Crippen LogP contribution in [0.1, 0.15) is 45.4 Å². The quantitative estimate of drug-likeness (QED) is 0.145. The van der Waals surface area contributed by atoms with Gasteiger partial charge in [0.1, 0.15) is 10.2 Å². The molecule has 0 heterocycles. The molecular formula is C23H37BrN5O3+. The van der Waals surface area contributed by atoms with Gasteiger partial charge < -0.3 is 26.4 Å². The molecule has 0 aliphatic heterocycles. The number of hydrogen-bond donors (Lipinski definition) is 5. The largest absolute Gasteiger partial charge is 0.376 e. The third kappa shape index (κ3) is 5.43. The van der Waals surface area contributed by atoms with Crippen LogP contribution in [0.5, 0.6) is 0 Å². The highest BCUT2D eigenvalue weighted by molar-refractivity contribution is 9.12. The molecule has 4 saturated carbocycles. The summed E-state index contributed by atoms with van der Waals surface area (Å²) in [7, 11) is 1.59. The molecule has 0 aromatic heterocycles. The summed E-state index contributed by atoms with van der Waals surface area (Å²) in [5.41, 5.74) is 7.29. The Kier molecular flexibility index (Phi) is 8.52. The van der Waals surface area contributed by atoms with E-state index in [4.69, 9.17) is 15.9 Å². The predicted molar refractivity (Wildman–Crippen MR) is 128 cm³/mol. The van der Waals surface area contributed by atoms with Crippen LogP contribution < -0.4 is 27.1 Å². The summed E-state index contributed by atoms with van der Waals surface area (Å²) in [5, 5.41) is 15.0. The van der Waals surface area contributed by atoms with Gasteiger partial charge in [-0.3, -0.25) is 15.0 Å². The summed E-state index contributed by atoms with van der Waals surface area (Å²) in [6.07, 6.45) is 10.2. The van der Waals surface area contributed by atoms with Crippen LogP contribution >= 0.6 is 15.9 Å². The van der Waals surface area contributed by atoms with Crippen LogP contribution in [0, 0.1) is 17.8 Å². The van der Waals surface area contributed by atoms with Crippen molar-refractivity contribution in [1.29, 1.82) is 0 Å². The molecule has 7 N–H and O–H groups in total. The molecule has 32 heavy (non-hydrogen) atoms. The fourth-order valence-electron chi connectivity index (χ4n) is 6.04. The number of carbonyl (C=O) groups is 2. The average Bonchev–Trinajstić information content (AvgIpc) is 3.17. The number of halogens is 1. The van der Waals surface area contributed by atoms with Crippen molar-refractivity contribution in [3.8, 4) is 0 Å². The highest BCUT2D eigenvalue weighted by atomic mass is 79.9. The lowest BCUT2D eigenvalue weighted by atomic mass is 9.80. The summed E-state index contributed by atoms with van der Waals surface area (Å²) in [4.78, 5) is 24.9. The first-order valence-electron chi connectivity index (χ1n) is 11.5. The third-order valence-electron chi connectivity index (χ3n) is 7.25. The smallest absolute Gasteiger partial charge is 0.261 e. The van der Waals surface area contributed by atoms with Crippen LogP contribution in [0.3, 0.4) is 0 Å². The van der Waals surface area contributed by atoms with Crippen LogP contribution in [0.4, 0.5) is 0 Å². The molecule has 3 atom stereocenters. The van der Waals surface area contributed by atoms with E-state index in [1.807, 2.05) is 13.0 Å². The minimum Gasteiger partial charge on any atom is -0.376 e. The number of ether oxygens (including phenoxy) is 1. The van der Waals surface area contributed by atoms with Gasteiger partial charge in [-0.05, 0) is 77.8 Å². The number of carbonyl (C=O) groups excluding carboxylic acids is 2. The van der Waals surface area contributed by atoms with Crippen LogP contribution in [-0.4, -0.2) is 56.4 Å². The van der Waals surface area contributed by atoms with E-state index >= 15 is 0 Å². The van der Waals surface area contributed by atoms with Gasteiger partial charge in [0.25, 0.3) is 5.91 Å². The molecule has 178 valence electrons. The number of nitrogens with two attached hydrogens (primary N) is 2. The molecular weight excluding hydrogens is 474 g/mol. The number of allylic oxidation sites excluding steroid dienone is 2. The van der Waals surface area contributed by atoms with Crippen LogP contribution in [0.15, 0.2) is 21.8 Å². The van der Waals surface area contributed by atoms with Crippen molar-refractivity contribution in [2.24, 2.45) is 23.5 Å². The zero-order valence-electron chi connectivity index (χ0n) is 19.1. The molecule has 2 amide bonds. The average molecular weight is 511 g/mol. The van der Waals surface area contributed by atoms with E-state index < -0.39 is 0 Å². The minimum atomic E-state index is -0.375. The Bertz CT molecular complexity index is 779. The molecule has 0 radical (unpaired) electrons. The molecule has 0 aromatic rings. The van der Waals surface area contributed by atoms with Crippen molar-refractivity contribution >= 4 is 34.0 Å². The second-order valence-electron chi connectivity index (χ2n) is 9.33. The number of nitrogens with one attached hydrogen (secondary N) is 3. The topological polar surface area (TPSA) is 131 Å². The van der Waals surface area contributed by atoms with E-state index in [1.165, 1.54) is 25.5 Å². The molecule has 0 saturated heterocycles. The summed E-state index contributed by atoms with van der Waals surface area (Å²) < 4.78 is 5.68. The number of hydrogen-bond acceptors (Lipinski definition) is 5. The van der Waals surface area contributed by atoms with E-state index in [0.29, 0.717) is 29.2 Å². The van der Waals surface area contributed by atoms with Crippen molar-refractivity contribution < 1.29 is 19.7 Å². The van der Waals surface area contributed by atoms with E-state index in [2.05, 4.69) is 31.9 Å². The van der Waals surface area contributed by atoms with Gasteiger partial charge in [0.2, 0.25) is 5.91 Å². The van der Waals surface area contributed by atoms with E-state index in [9.17, 15) is 9.59 Å². The molecule has 4 rings (SSSR count). The molecule has 4 bridgehead atoms. The van der Waals surface area contributed by atoms with Crippen molar-refractivity contribution in [2.75, 3.05) is 26.7 Å². The molecule has 4 aliphatic carbocycles. The Hall–Kier alpha value is -1.71. The van der Waals surface area contributed by atoms with Crippen LogP contribution in [-0.2, 0) is 14.3 Å². The van der Waals surface area contributed by atoms with Gasteiger partial charge >= 0.3 is 0 Å². The normalized spacial score (nSPS) is 30.0. The Labute approximate surface area is 198 Å². The zero-order chi connectivity index (χ0) is 23.3. The molecule has 4 fully saturated rings. The molecule has 0 aromatic carbocycles. The number of methoxy groups -OCH3 is 1. The van der Waals surface area contributed by atoms with Gasteiger partial charge in [0.05, 0.1) is 12.6 Å². The first-order valence-corrected chi connectivity index (χ1v) is 12.3. The van der Waals surface area contributed by atoms with Crippen molar-refractivity contribution in [1.82, 2.24) is 16.0 Å². The van der Waals surface area contributed by atoms with Gasteiger partial charge in [-0.2, -0.15) is 0 Å². The zero-order valence-corrected chi connectivity index (χ0v) is 20.7. The lowest BCUT2D eigenvalue weighted by Crippen LogP contribution is -2.49. The van der Waals surface area contributed by atoms with Crippen molar-refractivity contribution in [2.45, 2.75) is 57.1 Å². The SMILES string of the molecule is CC/C=C(/CNC(=O)CNC(=O)/C(Br)=C(\C=[NH2+])NC12CC3CC(CC1C3)C2)C(CN)OC. The number of rotatable bonds is 12. The Balaban J connectivity index is 1.53. The van der Waals surface area contributed by atoms with Crippen molar-refractivity contribution in [3.63, 3.8) is 0 Å². The van der Waals surface area contributed by atoms with E-state index in [-0.39, 0.29) is 30.0 Å². The molecule has 0 spiro atoms. The Morgan fingerprint density at radius 2 is 1.91 bits per heavy atom. The fourth-order valence-corrected chi connectivity index (χ4v) is 6.41. The van der Waals surface area contributed by atoms with Crippen molar-refractivity contribution in [3.05, 3.63) is 21.8 Å². The molecule has 9 heteroatoms. The van der Waals surface area contributed by atoms with E-state index in [0.717, 1.165) is 36.7 Å². The number of amides is 2. The highest BCUT2D eigenvalue weighted by Gasteiger charge is 2.58. The second-order valence-corrected chi connectivity index (χ2v) is 10.1.